The topological polar surface area (TPSA) is 87.7 Å². The van der Waals surface area contributed by atoms with Crippen LogP contribution in [0.3, 0.4) is 0 Å². The van der Waals surface area contributed by atoms with Gasteiger partial charge in [-0.3, -0.25) is 4.79 Å². The number of methoxy groups -OCH3 is 1. The molecule has 2 fully saturated rings. The molecule has 1 aromatic rings. The second-order valence-electron chi connectivity index (χ2n) is 8.94. The molecule has 160 valence electrons. The number of phenolic OH excluding ortho intramolecular Hbond substituents is 1. The van der Waals surface area contributed by atoms with Crippen LogP contribution in [0.15, 0.2) is 24.3 Å². The van der Waals surface area contributed by atoms with Crippen molar-refractivity contribution in [1.29, 1.82) is 0 Å². The predicted molar refractivity (Wildman–Crippen MR) is 112 cm³/mol. The maximum Gasteiger partial charge on any atom is 0.328 e. The second kappa shape index (κ2) is 9.16. The highest BCUT2D eigenvalue weighted by Gasteiger charge is 2.43. The first kappa shape index (κ1) is 21.6. The van der Waals surface area contributed by atoms with E-state index >= 15 is 0 Å². The van der Waals surface area contributed by atoms with Crippen LogP contribution < -0.4 is 10.6 Å². The summed E-state index contributed by atoms with van der Waals surface area (Å²) in [6.07, 6.45) is 5.84. The standard InChI is InChI=1S/C23H34N2O4/c1-15-14-24-19(13-23(15,2)17-10-7-11-18(26)12-17)21(27)25-20(22(28)29-3)16-8-5-4-6-9-16/h7,10-12,15-16,19-20,24,26H,4-6,8-9,13-14H2,1-3H3,(H,25,27)/t15?,19?,20-,23+/m0/s1. The zero-order valence-electron chi connectivity index (χ0n) is 17.7. The zero-order valence-corrected chi connectivity index (χ0v) is 17.7. The predicted octanol–water partition coefficient (Wildman–Crippen LogP) is 2.89. The van der Waals surface area contributed by atoms with E-state index in [-0.39, 0.29) is 29.0 Å². The molecule has 0 spiro atoms. The largest absolute Gasteiger partial charge is 0.508 e. The minimum Gasteiger partial charge on any atom is -0.508 e. The third kappa shape index (κ3) is 4.74. The van der Waals surface area contributed by atoms with Crippen LogP contribution in [0.25, 0.3) is 0 Å². The van der Waals surface area contributed by atoms with Gasteiger partial charge in [0.25, 0.3) is 0 Å². The van der Waals surface area contributed by atoms with Gasteiger partial charge in [-0.05, 0) is 60.8 Å². The van der Waals surface area contributed by atoms with Crippen molar-refractivity contribution >= 4 is 11.9 Å². The number of esters is 1. The maximum atomic E-state index is 13.1. The number of carbonyl (C=O) groups excluding carboxylic acids is 2. The van der Waals surface area contributed by atoms with Crippen LogP contribution in [0.4, 0.5) is 0 Å². The molecule has 1 aromatic carbocycles. The molecule has 2 unspecified atom stereocenters. The van der Waals surface area contributed by atoms with Crippen LogP contribution in [0.5, 0.6) is 5.75 Å². The molecular formula is C23H34N2O4. The fourth-order valence-electron chi connectivity index (χ4n) is 4.91. The van der Waals surface area contributed by atoms with Gasteiger partial charge in [-0.15, -0.1) is 0 Å². The van der Waals surface area contributed by atoms with Crippen LogP contribution in [0, 0.1) is 11.8 Å². The SMILES string of the molecule is COC(=O)[C@@H](NC(=O)C1C[C@@](C)(c2cccc(O)c2)C(C)CN1)C1CCCCC1. The number of ether oxygens (including phenoxy) is 1. The van der Waals surface area contributed by atoms with E-state index in [1.807, 2.05) is 12.1 Å². The first-order chi connectivity index (χ1) is 13.8. The summed E-state index contributed by atoms with van der Waals surface area (Å²) >= 11 is 0. The van der Waals surface area contributed by atoms with Crippen molar-refractivity contribution in [1.82, 2.24) is 10.6 Å². The van der Waals surface area contributed by atoms with Crippen molar-refractivity contribution in [2.24, 2.45) is 11.8 Å². The Morgan fingerprint density at radius 1 is 1.28 bits per heavy atom. The van der Waals surface area contributed by atoms with E-state index in [0.717, 1.165) is 31.2 Å². The number of phenols is 1. The van der Waals surface area contributed by atoms with E-state index in [1.165, 1.54) is 13.5 Å². The molecule has 1 saturated heterocycles. The van der Waals surface area contributed by atoms with Crippen molar-refractivity contribution in [3.63, 3.8) is 0 Å². The number of carbonyl (C=O) groups is 2. The Balaban J connectivity index is 1.74. The van der Waals surface area contributed by atoms with E-state index < -0.39 is 12.1 Å². The van der Waals surface area contributed by atoms with Gasteiger partial charge in [0, 0.05) is 0 Å². The Bertz CT molecular complexity index is 731. The molecule has 6 nitrogen and oxygen atoms in total. The van der Waals surface area contributed by atoms with Gasteiger partial charge in [0.1, 0.15) is 11.8 Å². The fourth-order valence-corrected chi connectivity index (χ4v) is 4.91. The Hall–Kier alpha value is -2.08. The summed E-state index contributed by atoms with van der Waals surface area (Å²) in [5, 5.41) is 16.3. The molecule has 1 aliphatic heterocycles. The van der Waals surface area contributed by atoms with Gasteiger partial charge in [0.2, 0.25) is 5.91 Å². The zero-order chi connectivity index (χ0) is 21.0. The summed E-state index contributed by atoms with van der Waals surface area (Å²) in [5.41, 5.74) is 0.776. The molecule has 2 aliphatic rings. The molecule has 1 aliphatic carbocycles. The van der Waals surface area contributed by atoms with Crippen molar-refractivity contribution in [2.45, 2.75) is 69.9 Å². The number of piperidine rings is 1. The van der Waals surface area contributed by atoms with Gasteiger partial charge in [-0.25, -0.2) is 4.79 Å². The molecular weight excluding hydrogens is 368 g/mol. The Labute approximate surface area is 173 Å². The molecule has 29 heavy (non-hydrogen) atoms. The summed E-state index contributed by atoms with van der Waals surface area (Å²) < 4.78 is 4.99. The molecule has 4 atom stereocenters. The minimum atomic E-state index is -0.582. The summed E-state index contributed by atoms with van der Waals surface area (Å²) in [6.45, 7) is 4.99. The third-order valence-corrected chi connectivity index (χ3v) is 7.08. The Kier molecular flexibility index (Phi) is 6.83. The lowest BCUT2D eigenvalue weighted by atomic mass is 9.66. The smallest absolute Gasteiger partial charge is 0.328 e. The van der Waals surface area contributed by atoms with Crippen LogP contribution in [-0.2, 0) is 19.7 Å². The molecule has 0 bridgehead atoms. The van der Waals surface area contributed by atoms with Gasteiger partial charge in [0.15, 0.2) is 0 Å². The maximum absolute atomic E-state index is 13.1. The first-order valence-electron chi connectivity index (χ1n) is 10.8. The highest BCUT2D eigenvalue weighted by molar-refractivity contribution is 5.88. The van der Waals surface area contributed by atoms with E-state index in [4.69, 9.17) is 4.74 Å². The van der Waals surface area contributed by atoms with Gasteiger partial charge < -0.3 is 20.5 Å². The molecule has 1 heterocycles. The van der Waals surface area contributed by atoms with Crippen molar-refractivity contribution < 1.29 is 19.4 Å². The monoisotopic (exact) mass is 402 g/mol. The summed E-state index contributed by atoms with van der Waals surface area (Å²) in [4.78, 5) is 25.5. The summed E-state index contributed by atoms with van der Waals surface area (Å²) in [5.74, 6) is 0.163. The Morgan fingerprint density at radius 2 is 2.00 bits per heavy atom. The van der Waals surface area contributed by atoms with E-state index in [0.29, 0.717) is 18.9 Å². The molecule has 6 heteroatoms. The number of rotatable bonds is 5. The number of amides is 1. The van der Waals surface area contributed by atoms with Gasteiger partial charge in [0.05, 0.1) is 13.2 Å². The van der Waals surface area contributed by atoms with Crippen molar-refractivity contribution in [2.75, 3.05) is 13.7 Å². The Morgan fingerprint density at radius 3 is 2.66 bits per heavy atom. The fraction of sp³-hybridized carbons (Fsp3) is 0.652. The van der Waals surface area contributed by atoms with Crippen LogP contribution in [-0.4, -0.2) is 42.7 Å². The molecule has 0 aromatic heterocycles. The highest BCUT2D eigenvalue weighted by Crippen LogP contribution is 2.40. The van der Waals surface area contributed by atoms with Gasteiger partial charge >= 0.3 is 5.97 Å². The summed E-state index contributed by atoms with van der Waals surface area (Å²) in [7, 11) is 1.38. The van der Waals surface area contributed by atoms with E-state index in [9.17, 15) is 14.7 Å². The minimum absolute atomic E-state index is 0.139. The average Bonchev–Trinajstić information content (AvgIpc) is 2.74. The quantitative estimate of drug-likeness (QED) is 0.659. The number of benzene rings is 1. The van der Waals surface area contributed by atoms with Gasteiger partial charge in [-0.2, -0.15) is 0 Å². The number of nitrogens with one attached hydrogen (secondary N) is 2. The third-order valence-electron chi connectivity index (χ3n) is 7.08. The molecule has 1 amide bonds. The van der Waals surface area contributed by atoms with Crippen molar-refractivity contribution in [3.8, 4) is 5.75 Å². The second-order valence-corrected chi connectivity index (χ2v) is 8.94. The van der Waals surface area contributed by atoms with Crippen LogP contribution in [0.1, 0.15) is 57.9 Å². The van der Waals surface area contributed by atoms with E-state index in [2.05, 4.69) is 24.5 Å². The average molecular weight is 403 g/mol. The van der Waals surface area contributed by atoms with Crippen molar-refractivity contribution in [3.05, 3.63) is 29.8 Å². The number of hydrogen-bond acceptors (Lipinski definition) is 5. The first-order valence-corrected chi connectivity index (χ1v) is 10.8. The number of hydrogen-bond donors (Lipinski definition) is 3. The lowest BCUT2D eigenvalue weighted by Gasteiger charge is -2.44. The molecule has 3 rings (SSSR count). The lowest BCUT2D eigenvalue weighted by Crippen LogP contribution is -2.59. The molecule has 1 saturated carbocycles. The highest BCUT2D eigenvalue weighted by atomic mass is 16.5. The normalized spacial score (nSPS) is 29.1. The van der Waals surface area contributed by atoms with Gasteiger partial charge in [-0.1, -0.05) is 45.2 Å². The molecule has 0 radical (unpaired) electrons. The van der Waals surface area contributed by atoms with Crippen LogP contribution >= 0.6 is 0 Å². The van der Waals surface area contributed by atoms with E-state index in [1.54, 1.807) is 12.1 Å². The van der Waals surface area contributed by atoms with Crippen LogP contribution in [0.2, 0.25) is 0 Å². The summed E-state index contributed by atoms with van der Waals surface area (Å²) in [6, 6.07) is 6.32. The number of aromatic hydroxyl groups is 1. The lowest BCUT2D eigenvalue weighted by molar-refractivity contribution is -0.147. The molecule has 3 N–H and O–H groups in total.